The van der Waals surface area contributed by atoms with Crippen LogP contribution in [0.3, 0.4) is 0 Å². The monoisotopic (exact) mass is 274 g/mol. The number of alkyl halides is 3. The lowest BCUT2D eigenvalue weighted by Crippen LogP contribution is -2.39. The molecule has 1 atom stereocenters. The summed E-state index contributed by atoms with van der Waals surface area (Å²) in [5, 5.41) is 8.46. The molecule has 1 heterocycles. The van der Waals surface area contributed by atoms with Gasteiger partial charge in [-0.15, -0.1) is 0 Å². The highest BCUT2D eigenvalue weighted by atomic mass is 19.4. The second-order valence-corrected chi connectivity index (χ2v) is 4.00. The fourth-order valence-electron chi connectivity index (χ4n) is 1.69. The van der Waals surface area contributed by atoms with Crippen LogP contribution in [-0.4, -0.2) is 23.5 Å². The van der Waals surface area contributed by atoms with E-state index in [0.29, 0.717) is 5.56 Å². The molecule has 102 valence electrons. The Hall–Kier alpha value is -2.18. The lowest BCUT2D eigenvalue weighted by Gasteiger charge is -2.27. The summed E-state index contributed by atoms with van der Waals surface area (Å²) in [7, 11) is 0. The molecule has 0 saturated heterocycles. The average molecular weight is 274 g/mol. The predicted octanol–water partition coefficient (Wildman–Crippen LogP) is 3.35. The van der Waals surface area contributed by atoms with E-state index in [9.17, 15) is 18.0 Å². The minimum Gasteiger partial charge on any atom is -0.472 e. The zero-order valence-electron chi connectivity index (χ0n) is 9.69. The summed E-state index contributed by atoms with van der Waals surface area (Å²) in [6.45, 7) is 1.71. The number of rotatable bonds is 1. The van der Waals surface area contributed by atoms with Crippen molar-refractivity contribution in [3.8, 4) is 5.75 Å². The highest BCUT2D eigenvalue weighted by Crippen LogP contribution is 2.37. The van der Waals surface area contributed by atoms with Gasteiger partial charge in [-0.3, -0.25) is 0 Å². The smallest absolute Gasteiger partial charge is 0.472 e. The van der Waals surface area contributed by atoms with Gasteiger partial charge in [-0.2, -0.15) is 13.2 Å². The van der Waals surface area contributed by atoms with E-state index in [2.05, 4.69) is 4.74 Å². The van der Waals surface area contributed by atoms with E-state index < -0.39 is 24.2 Å². The number of hydrogen-bond donors (Lipinski definition) is 1. The van der Waals surface area contributed by atoms with Crippen molar-refractivity contribution in [1.82, 2.24) is 0 Å². The highest BCUT2D eigenvalue weighted by molar-refractivity contribution is 5.67. The quantitative estimate of drug-likeness (QED) is 0.798. The molecule has 0 aliphatic carbocycles. The van der Waals surface area contributed by atoms with E-state index in [1.165, 1.54) is 12.1 Å². The number of aryl methyl sites for hydroxylation is 1. The predicted molar refractivity (Wildman–Crippen MR) is 58.7 cm³/mol. The number of halogens is 3. The number of ether oxygens (including phenoxy) is 2. The molecule has 1 aliphatic heterocycles. The maximum Gasteiger partial charge on any atom is 0.511 e. The van der Waals surface area contributed by atoms with Crippen LogP contribution < -0.4 is 4.74 Å². The Bertz CT molecular complexity index is 548. The van der Waals surface area contributed by atoms with Crippen LogP contribution in [-0.2, 0) is 4.74 Å². The third-order valence-electron chi connectivity index (χ3n) is 2.47. The van der Waals surface area contributed by atoms with Gasteiger partial charge in [-0.1, -0.05) is 12.1 Å². The SMILES string of the molecule is Cc1ccc2c(c1)OC(C(F)(F)F)C(OC(=O)O)=C2. The summed E-state index contributed by atoms with van der Waals surface area (Å²) >= 11 is 0. The molecule has 0 saturated carbocycles. The molecular formula is C12H9F3O4. The molecule has 0 fully saturated rings. The van der Waals surface area contributed by atoms with Crippen molar-refractivity contribution >= 4 is 12.2 Å². The van der Waals surface area contributed by atoms with E-state index in [-0.39, 0.29) is 5.75 Å². The summed E-state index contributed by atoms with van der Waals surface area (Å²) in [5.74, 6) is -0.753. The molecule has 19 heavy (non-hydrogen) atoms. The molecule has 4 nitrogen and oxygen atoms in total. The van der Waals surface area contributed by atoms with Crippen molar-refractivity contribution in [3.63, 3.8) is 0 Å². The third-order valence-corrected chi connectivity index (χ3v) is 2.47. The maximum atomic E-state index is 12.8. The molecule has 1 aromatic rings. The van der Waals surface area contributed by atoms with Crippen molar-refractivity contribution in [3.05, 3.63) is 35.1 Å². The van der Waals surface area contributed by atoms with Gasteiger partial charge in [0.15, 0.2) is 5.76 Å². The Morgan fingerprint density at radius 3 is 2.68 bits per heavy atom. The minimum atomic E-state index is -4.76. The van der Waals surface area contributed by atoms with Crippen LogP contribution in [0, 0.1) is 6.92 Å². The molecule has 0 spiro atoms. The molecule has 0 bridgehead atoms. The van der Waals surface area contributed by atoms with Crippen LogP contribution in [0.15, 0.2) is 24.0 Å². The van der Waals surface area contributed by atoms with Crippen molar-refractivity contribution in [2.45, 2.75) is 19.2 Å². The van der Waals surface area contributed by atoms with Crippen LogP contribution in [0.5, 0.6) is 5.75 Å². The van der Waals surface area contributed by atoms with E-state index in [1.54, 1.807) is 13.0 Å². The van der Waals surface area contributed by atoms with Crippen LogP contribution in [0.4, 0.5) is 18.0 Å². The molecule has 0 amide bonds. The molecule has 7 heteroatoms. The van der Waals surface area contributed by atoms with Crippen LogP contribution >= 0.6 is 0 Å². The van der Waals surface area contributed by atoms with E-state index in [4.69, 9.17) is 9.84 Å². The molecule has 2 rings (SSSR count). The summed E-state index contributed by atoms with van der Waals surface area (Å²) in [4.78, 5) is 10.4. The molecule has 1 unspecified atom stereocenters. The molecular weight excluding hydrogens is 265 g/mol. The van der Waals surface area contributed by atoms with Gasteiger partial charge < -0.3 is 14.6 Å². The lowest BCUT2D eigenvalue weighted by atomic mass is 10.1. The first kappa shape index (κ1) is 13.3. The van der Waals surface area contributed by atoms with Crippen LogP contribution in [0.25, 0.3) is 6.08 Å². The topological polar surface area (TPSA) is 55.8 Å². The Balaban J connectivity index is 2.45. The zero-order valence-corrected chi connectivity index (χ0v) is 9.69. The van der Waals surface area contributed by atoms with Gasteiger partial charge in [-0.25, -0.2) is 4.79 Å². The standard InChI is InChI=1S/C12H9F3O4/c1-6-2-3-7-5-9(19-11(16)17)10(12(13,14)15)18-8(7)4-6/h2-5,10H,1H3,(H,16,17). The molecule has 0 radical (unpaired) electrons. The number of carbonyl (C=O) groups is 1. The van der Waals surface area contributed by atoms with Gasteiger partial charge in [0, 0.05) is 5.56 Å². The Morgan fingerprint density at radius 1 is 1.42 bits per heavy atom. The van der Waals surface area contributed by atoms with E-state index in [0.717, 1.165) is 11.6 Å². The first-order chi connectivity index (χ1) is 8.77. The third kappa shape index (κ3) is 2.81. The van der Waals surface area contributed by atoms with Crippen molar-refractivity contribution in [1.29, 1.82) is 0 Å². The Morgan fingerprint density at radius 2 is 2.11 bits per heavy atom. The fraction of sp³-hybridized carbons (Fsp3) is 0.250. The summed E-state index contributed by atoms with van der Waals surface area (Å²) in [6.07, 6.45) is -7.98. The number of benzene rings is 1. The van der Waals surface area contributed by atoms with Gasteiger partial charge >= 0.3 is 12.3 Å². The fourth-order valence-corrected chi connectivity index (χ4v) is 1.69. The van der Waals surface area contributed by atoms with E-state index in [1.807, 2.05) is 0 Å². The Labute approximate surface area is 106 Å². The van der Waals surface area contributed by atoms with Gasteiger partial charge in [0.2, 0.25) is 0 Å². The zero-order chi connectivity index (χ0) is 14.2. The second-order valence-electron chi connectivity index (χ2n) is 4.00. The largest absolute Gasteiger partial charge is 0.511 e. The lowest BCUT2D eigenvalue weighted by molar-refractivity contribution is -0.191. The van der Waals surface area contributed by atoms with E-state index >= 15 is 0 Å². The summed E-state index contributed by atoms with van der Waals surface area (Å²) in [6, 6.07) is 4.65. The second kappa shape index (κ2) is 4.49. The van der Waals surface area contributed by atoms with Gasteiger partial charge in [0.25, 0.3) is 6.10 Å². The van der Waals surface area contributed by atoms with Crippen LogP contribution in [0.2, 0.25) is 0 Å². The van der Waals surface area contributed by atoms with Gasteiger partial charge in [-0.05, 0) is 24.6 Å². The molecule has 1 N–H and O–H groups in total. The minimum absolute atomic E-state index is 0.0417. The normalized spacial score (nSPS) is 18.1. The van der Waals surface area contributed by atoms with Crippen molar-refractivity contribution < 1.29 is 32.5 Å². The number of fused-ring (bicyclic) bond motifs is 1. The first-order valence-corrected chi connectivity index (χ1v) is 5.24. The summed E-state index contributed by atoms with van der Waals surface area (Å²) < 4.78 is 47.4. The number of carboxylic acid groups (broad SMARTS) is 1. The summed E-state index contributed by atoms with van der Waals surface area (Å²) in [5.41, 5.74) is 1.07. The maximum absolute atomic E-state index is 12.8. The van der Waals surface area contributed by atoms with Gasteiger partial charge in [0.05, 0.1) is 0 Å². The molecule has 1 aliphatic rings. The van der Waals surface area contributed by atoms with Gasteiger partial charge in [0.1, 0.15) is 5.75 Å². The highest BCUT2D eigenvalue weighted by Gasteiger charge is 2.48. The van der Waals surface area contributed by atoms with Crippen LogP contribution in [0.1, 0.15) is 11.1 Å². The van der Waals surface area contributed by atoms with Crippen molar-refractivity contribution in [2.24, 2.45) is 0 Å². The van der Waals surface area contributed by atoms with Crippen molar-refractivity contribution in [2.75, 3.05) is 0 Å². The molecule has 0 aromatic heterocycles. The molecule has 1 aromatic carbocycles. The first-order valence-electron chi connectivity index (χ1n) is 5.24. The Kier molecular flexibility index (Phi) is 3.13. The average Bonchev–Trinajstić information content (AvgIpc) is 2.26. The number of hydrogen-bond acceptors (Lipinski definition) is 3.